The van der Waals surface area contributed by atoms with Crippen molar-refractivity contribution >= 4 is 17.0 Å². The smallest absolute Gasteiger partial charge is 0.384 e. The average Bonchev–Trinajstić information content (AvgIpc) is 1.97. The maximum atomic E-state index is 12.5. The number of halogens is 9. The van der Waals surface area contributed by atoms with Gasteiger partial charge in [-0.25, -0.2) is 9.18 Å². The molecule has 0 spiro atoms. The van der Waals surface area contributed by atoms with E-state index in [0.717, 1.165) is 0 Å². The van der Waals surface area contributed by atoms with Crippen LogP contribution in [0.15, 0.2) is 0 Å². The second kappa shape index (κ2) is 4.83. The fourth-order valence-electron chi connectivity index (χ4n) is 0.683. The van der Waals surface area contributed by atoms with Crippen molar-refractivity contribution in [2.45, 2.75) is 30.8 Å². The molecule has 0 saturated carbocycles. The van der Waals surface area contributed by atoms with E-state index in [-0.39, 0.29) is 0 Å². The van der Waals surface area contributed by atoms with Gasteiger partial charge in [-0.2, -0.15) is 30.7 Å². The van der Waals surface area contributed by atoms with Crippen LogP contribution in [-0.2, 0) is 4.74 Å². The zero-order valence-electron chi connectivity index (χ0n) is 7.50. The molecule has 0 saturated heterocycles. The second-order valence-electron chi connectivity index (χ2n) is 2.77. The Morgan fingerprint density at radius 1 is 1.12 bits per heavy atom. The molecule has 0 aliphatic rings. The van der Waals surface area contributed by atoms with E-state index in [0.29, 0.717) is 0 Å². The molecule has 0 bridgehead atoms. The quantitative estimate of drug-likeness (QED) is 0.581. The maximum Gasteiger partial charge on any atom is 0.470 e. The molecule has 0 aliphatic carbocycles. The van der Waals surface area contributed by atoms with Crippen molar-refractivity contribution in [2.75, 3.05) is 0 Å². The van der Waals surface area contributed by atoms with Crippen LogP contribution >= 0.6 is 11.6 Å². The lowest BCUT2D eigenvalue weighted by Crippen LogP contribution is -2.51. The SMILES string of the molecule is O=C(Cl)OC(F)(F)C(F)(F)C(F)CC(F)(F)F. The molecular weight excluding hydrogens is 292 g/mol. The number of carbonyl (C=O) groups excluding carboxylic acids is 1. The number of carbonyl (C=O) groups is 1. The van der Waals surface area contributed by atoms with Crippen LogP contribution in [0, 0.1) is 0 Å². The fraction of sp³-hybridized carbons (Fsp3) is 0.833. The minimum absolute atomic E-state index is 2.41. The molecule has 1 atom stereocenters. The van der Waals surface area contributed by atoms with Crippen molar-refractivity contribution in [3.8, 4) is 0 Å². The van der Waals surface area contributed by atoms with Gasteiger partial charge in [-0.3, -0.25) is 0 Å². The van der Waals surface area contributed by atoms with Crippen LogP contribution in [0.3, 0.4) is 0 Å². The minimum atomic E-state index is -5.85. The number of rotatable bonds is 4. The van der Waals surface area contributed by atoms with Crippen molar-refractivity contribution in [3.63, 3.8) is 0 Å². The van der Waals surface area contributed by atoms with E-state index in [9.17, 15) is 39.9 Å². The van der Waals surface area contributed by atoms with Gasteiger partial charge in [0.2, 0.25) is 0 Å². The summed E-state index contributed by atoms with van der Waals surface area (Å²) in [5.74, 6) is -5.85. The molecule has 0 aromatic rings. The minimum Gasteiger partial charge on any atom is -0.384 e. The lowest BCUT2D eigenvalue weighted by atomic mass is 10.1. The van der Waals surface area contributed by atoms with Gasteiger partial charge in [0, 0.05) is 11.6 Å². The third kappa shape index (κ3) is 4.52. The highest BCUT2D eigenvalue weighted by molar-refractivity contribution is 6.61. The van der Waals surface area contributed by atoms with E-state index in [4.69, 9.17) is 0 Å². The van der Waals surface area contributed by atoms with Crippen LogP contribution in [0.1, 0.15) is 6.42 Å². The predicted octanol–water partition coefficient (Wildman–Crippen LogP) is 3.88. The third-order valence-electron chi connectivity index (χ3n) is 1.40. The van der Waals surface area contributed by atoms with Gasteiger partial charge in [0.1, 0.15) is 0 Å². The van der Waals surface area contributed by atoms with E-state index in [1.165, 1.54) is 0 Å². The van der Waals surface area contributed by atoms with Crippen LogP contribution in [0.2, 0.25) is 0 Å². The summed E-state index contributed by atoms with van der Waals surface area (Å²) in [7, 11) is 0. The first kappa shape index (κ1) is 16.2. The molecule has 1 unspecified atom stereocenters. The Labute approximate surface area is 93.5 Å². The van der Waals surface area contributed by atoms with Gasteiger partial charge in [0.15, 0.2) is 6.17 Å². The van der Waals surface area contributed by atoms with Crippen molar-refractivity contribution in [3.05, 3.63) is 0 Å². The van der Waals surface area contributed by atoms with E-state index >= 15 is 0 Å². The summed E-state index contributed by atoms with van der Waals surface area (Å²) in [4.78, 5) is 9.80. The molecule has 0 aromatic carbocycles. The molecule has 0 aliphatic heterocycles. The molecule has 0 heterocycles. The Morgan fingerprint density at radius 3 is 1.82 bits per heavy atom. The average molecular weight is 295 g/mol. The Bertz CT molecular complexity index is 288. The van der Waals surface area contributed by atoms with E-state index < -0.39 is 36.2 Å². The molecule has 0 amide bonds. The molecule has 102 valence electrons. The van der Waals surface area contributed by atoms with Gasteiger partial charge in [-0.05, 0) is 0 Å². The number of hydrogen-bond donors (Lipinski definition) is 0. The largest absolute Gasteiger partial charge is 0.470 e. The molecule has 0 fully saturated rings. The van der Waals surface area contributed by atoms with Crippen molar-refractivity contribution < 1.29 is 44.7 Å². The van der Waals surface area contributed by atoms with E-state index in [1.54, 1.807) is 0 Å². The van der Waals surface area contributed by atoms with Gasteiger partial charge in [0.05, 0.1) is 6.42 Å². The molecule has 11 heteroatoms. The zero-order chi connectivity index (χ0) is 14.1. The number of hydrogen-bond acceptors (Lipinski definition) is 2. The highest BCUT2D eigenvalue weighted by atomic mass is 35.5. The Hall–Kier alpha value is -0.800. The maximum absolute atomic E-state index is 12.5. The summed E-state index contributed by atoms with van der Waals surface area (Å²) in [5, 5.41) is 0. The summed E-state index contributed by atoms with van der Waals surface area (Å²) in [5.41, 5.74) is -2.41. The molecule has 17 heavy (non-hydrogen) atoms. The molecular formula is C6H3ClF8O2. The van der Waals surface area contributed by atoms with Crippen LogP contribution in [0.5, 0.6) is 0 Å². The van der Waals surface area contributed by atoms with Crippen molar-refractivity contribution in [1.29, 1.82) is 0 Å². The molecule has 0 rings (SSSR count). The number of ether oxygens (including phenoxy) is 1. The first-order valence-electron chi connectivity index (χ1n) is 3.64. The summed E-state index contributed by atoms with van der Waals surface area (Å²) in [6.45, 7) is 0. The van der Waals surface area contributed by atoms with Crippen LogP contribution in [0.25, 0.3) is 0 Å². The van der Waals surface area contributed by atoms with Gasteiger partial charge >= 0.3 is 23.6 Å². The standard InChI is InChI=1S/C6H3ClF8O2/c7-3(16)17-6(14,15)5(12,13)2(8)1-4(9,10)11/h2H,1H2. The lowest BCUT2D eigenvalue weighted by molar-refractivity contribution is -0.342. The molecule has 0 radical (unpaired) electrons. The Kier molecular flexibility index (Phi) is 4.60. The summed E-state index contributed by atoms with van der Waals surface area (Å²) in [6.07, 6.45) is -18.3. The Morgan fingerprint density at radius 2 is 1.53 bits per heavy atom. The first-order valence-corrected chi connectivity index (χ1v) is 4.02. The highest BCUT2D eigenvalue weighted by Gasteiger charge is 2.67. The summed E-state index contributed by atoms with van der Waals surface area (Å²) < 4.78 is 99.5. The van der Waals surface area contributed by atoms with Crippen molar-refractivity contribution in [1.82, 2.24) is 0 Å². The van der Waals surface area contributed by atoms with Crippen molar-refractivity contribution in [2.24, 2.45) is 0 Å². The van der Waals surface area contributed by atoms with Gasteiger partial charge in [-0.1, -0.05) is 0 Å². The lowest BCUT2D eigenvalue weighted by Gasteiger charge is -2.27. The van der Waals surface area contributed by atoms with Crippen LogP contribution in [-0.4, -0.2) is 29.8 Å². The molecule has 0 aromatic heterocycles. The normalized spacial score (nSPS) is 15.6. The predicted molar refractivity (Wildman–Crippen MR) is 37.8 cm³/mol. The topological polar surface area (TPSA) is 26.3 Å². The second-order valence-corrected chi connectivity index (χ2v) is 3.07. The molecule has 2 nitrogen and oxygen atoms in total. The van der Waals surface area contributed by atoms with E-state index in [1.807, 2.05) is 0 Å². The van der Waals surface area contributed by atoms with Crippen LogP contribution in [0.4, 0.5) is 39.9 Å². The van der Waals surface area contributed by atoms with E-state index in [2.05, 4.69) is 16.3 Å². The first-order chi connectivity index (χ1) is 7.29. The fourth-order valence-corrected chi connectivity index (χ4v) is 0.779. The third-order valence-corrected chi connectivity index (χ3v) is 1.48. The highest BCUT2D eigenvalue weighted by Crippen LogP contribution is 2.43. The van der Waals surface area contributed by atoms with Gasteiger partial charge < -0.3 is 4.74 Å². The zero-order valence-corrected chi connectivity index (χ0v) is 8.26. The summed E-state index contributed by atoms with van der Waals surface area (Å²) >= 11 is 4.19. The molecule has 0 N–H and O–H groups in total. The van der Waals surface area contributed by atoms with Crippen LogP contribution < -0.4 is 0 Å². The Balaban J connectivity index is 4.92. The van der Waals surface area contributed by atoms with Gasteiger partial charge in [0.25, 0.3) is 0 Å². The van der Waals surface area contributed by atoms with Gasteiger partial charge in [-0.15, -0.1) is 0 Å². The number of alkyl halides is 8. The monoisotopic (exact) mass is 294 g/mol. The summed E-state index contributed by atoms with van der Waals surface area (Å²) in [6, 6.07) is 0.